The van der Waals surface area contributed by atoms with Crippen molar-refractivity contribution in [1.82, 2.24) is 4.90 Å². The zero-order valence-electron chi connectivity index (χ0n) is 11.3. The molecule has 2 heterocycles. The van der Waals surface area contributed by atoms with E-state index < -0.39 is 0 Å². The van der Waals surface area contributed by atoms with Crippen LogP contribution in [0.25, 0.3) is 0 Å². The SMILES string of the molecule is CN(C(=O)CC1CNc2ccccc21)C1CCSC1. The molecular weight excluding hydrogens is 256 g/mol. The van der Waals surface area contributed by atoms with Crippen molar-refractivity contribution >= 4 is 23.4 Å². The van der Waals surface area contributed by atoms with Gasteiger partial charge >= 0.3 is 0 Å². The summed E-state index contributed by atoms with van der Waals surface area (Å²) in [5.41, 5.74) is 2.49. The van der Waals surface area contributed by atoms with Crippen molar-refractivity contribution in [2.75, 3.05) is 30.4 Å². The van der Waals surface area contributed by atoms with Crippen LogP contribution in [-0.4, -0.2) is 41.9 Å². The number of para-hydroxylation sites is 1. The van der Waals surface area contributed by atoms with E-state index in [1.54, 1.807) is 0 Å². The van der Waals surface area contributed by atoms with Gasteiger partial charge in [-0.15, -0.1) is 0 Å². The van der Waals surface area contributed by atoms with Gasteiger partial charge in [-0.1, -0.05) is 18.2 Å². The number of hydrogen-bond donors (Lipinski definition) is 1. The van der Waals surface area contributed by atoms with Crippen molar-refractivity contribution in [2.45, 2.75) is 24.8 Å². The minimum Gasteiger partial charge on any atom is -0.384 e. The van der Waals surface area contributed by atoms with Gasteiger partial charge in [0.15, 0.2) is 0 Å². The second kappa shape index (κ2) is 5.45. The van der Waals surface area contributed by atoms with E-state index in [0.717, 1.165) is 18.7 Å². The van der Waals surface area contributed by atoms with Crippen molar-refractivity contribution in [3.8, 4) is 0 Å². The zero-order valence-corrected chi connectivity index (χ0v) is 12.1. The molecule has 2 unspecified atom stereocenters. The normalized spacial score (nSPS) is 24.9. The highest BCUT2D eigenvalue weighted by Gasteiger charge is 2.28. The van der Waals surface area contributed by atoms with Crippen LogP contribution in [-0.2, 0) is 4.79 Å². The Morgan fingerprint density at radius 1 is 1.47 bits per heavy atom. The Balaban J connectivity index is 1.64. The predicted molar refractivity (Wildman–Crippen MR) is 80.8 cm³/mol. The summed E-state index contributed by atoms with van der Waals surface area (Å²) in [5.74, 6) is 2.91. The third kappa shape index (κ3) is 2.59. The van der Waals surface area contributed by atoms with Crippen LogP contribution in [0.4, 0.5) is 5.69 Å². The van der Waals surface area contributed by atoms with Gasteiger partial charge in [-0.3, -0.25) is 4.79 Å². The zero-order chi connectivity index (χ0) is 13.2. The van der Waals surface area contributed by atoms with E-state index in [1.165, 1.54) is 17.0 Å². The summed E-state index contributed by atoms with van der Waals surface area (Å²) in [4.78, 5) is 14.4. The molecule has 2 atom stereocenters. The van der Waals surface area contributed by atoms with Gasteiger partial charge in [0.1, 0.15) is 0 Å². The lowest BCUT2D eigenvalue weighted by Crippen LogP contribution is -2.37. The Morgan fingerprint density at radius 3 is 3.11 bits per heavy atom. The lowest BCUT2D eigenvalue weighted by atomic mass is 9.97. The van der Waals surface area contributed by atoms with Crippen LogP contribution in [0.15, 0.2) is 24.3 Å². The quantitative estimate of drug-likeness (QED) is 0.921. The maximum atomic E-state index is 12.4. The van der Waals surface area contributed by atoms with Crippen molar-refractivity contribution in [3.05, 3.63) is 29.8 Å². The fraction of sp³-hybridized carbons (Fsp3) is 0.533. The van der Waals surface area contributed by atoms with Crippen LogP contribution in [0.5, 0.6) is 0 Å². The van der Waals surface area contributed by atoms with Gasteiger partial charge in [-0.2, -0.15) is 11.8 Å². The molecule has 1 aromatic carbocycles. The Hall–Kier alpha value is -1.16. The van der Waals surface area contributed by atoms with E-state index in [2.05, 4.69) is 23.5 Å². The summed E-state index contributed by atoms with van der Waals surface area (Å²) in [6.07, 6.45) is 1.77. The van der Waals surface area contributed by atoms with Crippen LogP contribution in [0.3, 0.4) is 0 Å². The number of carbonyl (C=O) groups is 1. The first-order valence-electron chi connectivity index (χ1n) is 6.92. The molecule has 0 aliphatic carbocycles. The molecule has 3 nitrogen and oxygen atoms in total. The summed E-state index contributed by atoms with van der Waals surface area (Å²) < 4.78 is 0. The van der Waals surface area contributed by atoms with Crippen molar-refractivity contribution in [2.24, 2.45) is 0 Å². The summed E-state index contributed by atoms with van der Waals surface area (Å²) in [5, 5.41) is 3.39. The van der Waals surface area contributed by atoms with E-state index in [4.69, 9.17) is 0 Å². The van der Waals surface area contributed by atoms with Crippen LogP contribution < -0.4 is 5.32 Å². The van der Waals surface area contributed by atoms with Gasteiger partial charge < -0.3 is 10.2 Å². The topological polar surface area (TPSA) is 32.3 Å². The average Bonchev–Trinajstić information content (AvgIpc) is 3.08. The largest absolute Gasteiger partial charge is 0.384 e. The first-order chi connectivity index (χ1) is 9.25. The standard InChI is InChI=1S/C15H20N2OS/c1-17(12-6-7-19-10-12)15(18)8-11-9-16-14-5-3-2-4-13(11)14/h2-5,11-12,16H,6-10H2,1H3. The third-order valence-corrected chi connectivity index (χ3v) is 5.35. The molecule has 19 heavy (non-hydrogen) atoms. The van der Waals surface area contributed by atoms with Gasteiger partial charge in [-0.05, 0) is 23.8 Å². The van der Waals surface area contributed by atoms with Gasteiger partial charge in [-0.25, -0.2) is 0 Å². The van der Waals surface area contributed by atoms with E-state index in [9.17, 15) is 4.79 Å². The highest BCUT2D eigenvalue weighted by Crippen LogP contribution is 2.34. The summed E-state index contributed by atoms with van der Waals surface area (Å²) in [6.45, 7) is 0.887. The van der Waals surface area contributed by atoms with E-state index in [1.807, 2.05) is 29.8 Å². The number of benzene rings is 1. The molecule has 1 saturated heterocycles. The monoisotopic (exact) mass is 276 g/mol. The first-order valence-corrected chi connectivity index (χ1v) is 8.07. The summed E-state index contributed by atoms with van der Waals surface area (Å²) in [6, 6.07) is 8.77. The molecule has 3 rings (SSSR count). The lowest BCUT2D eigenvalue weighted by molar-refractivity contribution is -0.131. The van der Waals surface area contributed by atoms with Crippen LogP contribution in [0.2, 0.25) is 0 Å². The maximum Gasteiger partial charge on any atom is 0.223 e. The van der Waals surface area contributed by atoms with Gasteiger partial charge in [0.05, 0.1) is 0 Å². The number of nitrogens with zero attached hydrogens (tertiary/aromatic N) is 1. The number of carbonyl (C=O) groups excluding carboxylic acids is 1. The third-order valence-electron chi connectivity index (χ3n) is 4.21. The molecule has 1 amide bonds. The van der Waals surface area contributed by atoms with Crippen molar-refractivity contribution in [3.63, 3.8) is 0 Å². The Morgan fingerprint density at radius 2 is 2.32 bits per heavy atom. The van der Waals surface area contributed by atoms with Crippen molar-refractivity contribution in [1.29, 1.82) is 0 Å². The highest BCUT2D eigenvalue weighted by atomic mass is 32.2. The van der Waals surface area contributed by atoms with Crippen LogP contribution >= 0.6 is 11.8 Å². The summed E-state index contributed by atoms with van der Waals surface area (Å²) in [7, 11) is 1.97. The molecule has 2 aliphatic heterocycles. The Labute approximate surface area is 118 Å². The average molecular weight is 276 g/mol. The molecule has 4 heteroatoms. The molecule has 0 saturated carbocycles. The second-order valence-electron chi connectivity index (χ2n) is 5.39. The molecule has 0 radical (unpaired) electrons. The van der Waals surface area contributed by atoms with E-state index in [-0.39, 0.29) is 5.91 Å². The number of amides is 1. The van der Waals surface area contributed by atoms with Gasteiger partial charge in [0.25, 0.3) is 0 Å². The molecule has 1 N–H and O–H groups in total. The van der Waals surface area contributed by atoms with Crippen LogP contribution in [0, 0.1) is 0 Å². The number of fused-ring (bicyclic) bond motifs is 1. The highest BCUT2D eigenvalue weighted by molar-refractivity contribution is 7.99. The fourth-order valence-corrected chi connectivity index (χ4v) is 4.19. The second-order valence-corrected chi connectivity index (χ2v) is 6.54. The lowest BCUT2D eigenvalue weighted by Gasteiger charge is -2.25. The van der Waals surface area contributed by atoms with Gasteiger partial charge in [0.2, 0.25) is 5.91 Å². The maximum absolute atomic E-state index is 12.4. The molecule has 0 bridgehead atoms. The molecule has 0 aromatic heterocycles. The summed E-state index contributed by atoms with van der Waals surface area (Å²) >= 11 is 1.95. The number of rotatable bonds is 3. The number of nitrogens with one attached hydrogen (secondary N) is 1. The molecule has 2 aliphatic rings. The predicted octanol–water partition coefficient (Wildman–Crippen LogP) is 2.55. The number of anilines is 1. The minimum atomic E-state index is 0.288. The van der Waals surface area contributed by atoms with Crippen LogP contribution in [0.1, 0.15) is 24.3 Å². The van der Waals surface area contributed by atoms with E-state index in [0.29, 0.717) is 18.4 Å². The molecule has 1 fully saturated rings. The minimum absolute atomic E-state index is 0.288. The number of thioether (sulfide) groups is 1. The Kier molecular flexibility index (Phi) is 3.69. The van der Waals surface area contributed by atoms with Gasteiger partial charge in [0, 0.05) is 43.4 Å². The molecular formula is C15H20N2OS. The van der Waals surface area contributed by atoms with E-state index >= 15 is 0 Å². The van der Waals surface area contributed by atoms with Crippen molar-refractivity contribution < 1.29 is 4.79 Å². The first kappa shape index (κ1) is 12.9. The molecule has 1 aromatic rings. The number of hydrogen-bond acceptors (Lipinski definition) is 3. The Bertz CT molecular complexity index is 471. The fourth-order valence-electron chi connectivity index (χ4n) is 2.93. The molecule has 102 valence electrons. The smallest absolute Gasteiger partial charge is 0.223 e. The molecule has 0 spiro atoms.